The summed E-state index contributed by atoms with van der Waals surface area (Å²) >= 11 is 5.61. The Morgan fingerprint density at radius 2 is 2.56 bits per heavy atom. The van der Waals surface area contributed by atoms with E-state index < -0.39 is 0 Å². The highest BCUT2D eigenvalue weighted by atomic mass is 35.5. The van der Waals surface area contributed by atoms with Gasteiger partial charge in [-0.05, 0) is 6.08 Å². The van der Waals surface area contributed by atoms with Crippen molar-refractivity contribution in [3.05, 3.63) is 11.1 Å². The molecule has 1 aliphatic rings. The third-order valence-corrected chi connectivity index (χ3v) is 2.20. The van der Waals surface area contributed by atoms with E-state index in [1.54, 1.807) is 0 Å². The summed E-state index contributed by atoms with van der Waals surface area (Å²) in [6.45, 7) is 0. The number of allylic oxidation sites excluding steroid dienone is 1. The molecule has 9 heavy (non-hydrogen) atoms. The number of rotatable bonds is 1. The summed E-state index contributed by atoms with van der Waals surface area (Å²) < 4.78 is 5.01. The van der Waals surface area contributed by atoms with Gasteiger partial charge in [-0.1, -0.05) is 11.6 Å². The molecule has 1 unspecified atom stereocenters. The van der Waals surface area contributed by atoms with Crippen LogP contribution in [0.4, 0.5) is 0 Å². The van der Waals surface area contributed by atoms with Gasteiger partial charge in [0.15, 0.2) is 5.78 Å². The second-order valence-corrected chi connectivity index (χ2v) is 2.83. The van der Waals surface area contributed by atoms with Crippen LogP contribution in [0.25, 0.3) is 0 Å². The average molecular weight is 163 g/mol. The molecule has 0 N–H and O–H groups in total. The fraction of sp³-hybridized carbons (Fsp3) is 0.400. The third kappa shape index (κ3) is 1.41. The molecule has 0 bridgehead atoms. The Bertz CT molecular complexity index is 166. The predicted octanol–water partition coefficient (Wildman–Crippen LogP) is -0.253. The highest BCUT2D eigenvalue weighted by Gasteiger charge is 2.21. The second kappa shape index (κ2) is 2.64. The highest BCUT2D eigenvalue weighted by molar-refractivity contribution is 6.33. The van der Waals surface area contributed by atoms with Crippen LogP contribution in [-0.2, 0) is 9.22 Å². The molecule has 1 atom stereocenters. The van der Waals surface area contributed by atoms with Gasteiger partial charge < -0.3 is 4.43 Å². The standard InChI is InChI=1S/C5H7ClO2Si/c6-4-1-3(7)2-5(4)8-9/h1,5H,2H2,9H3. The van der Waals surface area contributed by atoms with Gasteiger partial charge >= 0.3 is 0 Å². The molecule has 1 rings (SSSR count). The van der Waals surface area contributed by atoms with E-state index in [9.17, 15) is 4.79 Å². The van der Waals surface area contributed by atoms with E-state index in [1.165, 1.54) is 6.08 Å². The number of hydrogen-bond donors (Lipinski definition) is 0. The van der Waals surface area contributed by atoms with Gasteiger partial charge in [0.1, 0.15) is 10.5 Å². The summed E-state index contributed by atoms with van der Waals surface area (Å²) in [5, 5.41) is 0.551. The van der Waals surface area contributed by atoms with Crippen LogP contribution in [0, 0.1) is 0 Å². The normalized spacial score (nSPS) is 27.0. The lowest BCUT2D eigenvalue weighted by Gasteiger charge is -2.05. The Hall–Kier alpha value is -0.123. The van der Waals surface area contributed by atoms with Crippen LogP contribution in [0.15, 0.2) is 11.1 Å². The van der Waals surface area contributed by atoms with Crippen molar-refractivity contribution in [2.75, 3.05) is 0 Å². The van der Waals surface area contributed by atoms with Crippen LogP contribution in [0.5, 0.6) is 0 Å². The van der Waals surface area contributed by atoms with Gasteiger partial charge in [0.2, 0.25) is 0 Å². The van der Waals surface area contributed by atoms with E-state index in [1.807, 2.05) is 0 Å². The molecule has 0 saturated carbocycles. The summed E-state index contributed by atoms with van der Waals surface area (Å²) in [5.41, 5.74) is 0. The molecule has 50 valence electrons. The summed E-state index contributed by atoms with van der Waals surface area (Å²) in [6, 6.07) is 0. The first-order valence-corrected chi connectivity index (χ1v) is 3.86. The summed E-state index contributed by atoms with van der Waals surface area (Å²) in [6.07, 6.45) is 1.75. The number of ketones is 1. The van der Waals surface area contributed by atoms with Crippen molar-refractivity contribution in [3.8, 4) is 0 Å². The van der Waals surface area contributed by atoms with E-state index in [2.05, 4.69) is 0 Å². The molecule has 0 aromatic rings. The number of carbonyl (C=O) groups excluding carboxylic acids is 1. The van der Waals surface area contributed by atoms with Crippen LogP contribution < -0.4 is 0 Å². The zero-order chi connectivity index (χ0) is 6.85. The molecule has 4 heteroatoms. The maximum atomic E-state index is 10.6. The molecule has 0 saturated heterocycles. The molecule has 0 amide bonds. The SMILES string of the molecule is O=C1C=C(Cl)C(O[SiH3])C1. The number of hydrogen-bond acceptors (Lipinski definition) is 2. The fourth-order valence-corrected chi connectivity index (χ4v) is 1.64. The quantitative estimate of drug-likeness (QED) is 0.497. The molecule has 0 aromatic heterocycles. The van der Waals surface area contributed by atoms with Gasteiger partial charge in [-0.15, -0.1) is 0 Å². The van der Waals surface area contributed by atoms with Crippen molar-refractivity contribution in [1.29, 1.82) is 0 Å². The number of carbonyl (C=O) groups is 1. The molecular weight excluding hydrogens is 156 g/mol. The van der Waals surface area contributed by atoms with E-state index >= 15 is 0 Å². The van der Waals surface area contributed by atoms with Crippen molar-refractivity contribution in [2.24, 2.45) is 0 Å². The van der Waals surface area contributed by atoms with E-state index in [-0.39, 0.29) is 11.9 Å². The van der Waals surface area contributed by atoms with Crippen molar-refractivity contribution >= 4 is 27.9 Å². The van der Waals surface area contributed by atoms with Crippen LogP contribution in [-0.4, -0.2) is 22.4 Å². The summed E-state index contributed by atoms with van der Waals surface area (Å²) in [7, 11) is 0.633. The fourth-order valence-electron chi connectivity index (χ4n) is 0.782. The van der Waals surface area contributed by atoms with Gasteiger partial charge in [0.05, 0.1) is 6.10 Å². The highest BCUT2D eigenvalue weighted by Crippen LogP contribution is 2.21. The third-order valence-electron chi connectivity index (χ3n) is 1.28. The van der Waals surface area contributed by atoms with Crippen LogP contribution in [0.2, 0.25) is 0 Å². The Labute approximate surface area is 61.4 Å². The Morgan fingerprint density at radius 1 is 1.89 bits per heavy atom. The minimum Gasteiger partial charge on any atom is -0.420 e. The van der Waals surface area contributed by atoms with Crippen molar-refractivity contribution in [1.82, 2.24) is 0 Å². The van der Waals surface area contributed by atoms with Crippen molar-refractivity contribution < 1.29 is 9.22 Å². The van der Waals surface area contributed by atoms with Crippen LogP contribution in [0.1, 0.15) is 6.42 Å². The first-order valence-electron chi connectivity index (χ1n) is 2.66. The Morgan fingerprint density at radius 3 is 2.78 bits per heavy atom. The molecular formula is C5H7ClO2Si. The molecule has 0 aromatic carbocycles. The molecule has 1 aliphatic carbocycles. The molecule has 2 nitrogen and oxygen atoms in total. The van der Waals surface area contributed by atoms with Gasteiger partial charge in [0, 0.05) is 11.5 Å². The summed E-state index contributed by atoms with van der Waals surface area (Å²) in [4.78, 5) is 10.6. The second-order valence-electron chi connectivity index (χ2n) is 1.92. The Kier molecular flexibility index (Phi) is 2.05. The maximum absolute atomic E-state index is 10.6. The van der Waals surface area contributed by atoms with Crippen molar-refractivity contribution in [3.63, 3.8) is 0 Å². The number of halogens is 1. The van der Waals surface area contributed by atoms with Crippen LogP contribution >= 0.6 is 11.6 Å². The lowest BCUT2D eigenvalue weighted by atomic mass is 10.3. The molecule has 0 aliphatic heterocycles. The monoisotopic (exact) mass is 162 g/mol. The first-order chi connectivity index (χ1) is 4.24. The molecule has 0 spiro atoms. The summed E-state index contributed by atoms with van der Waals surface area (Å²) in [5.74, 6) is 0.0702. The first kappa shape index (κ1) is 6.99. The van der Waals surface area contributed by atoms with Crippen LogP contribution in [0.3, 0.4) is 0 Å². The van der Waals surface area contributed by atoms with E-state index in [0.29, 0.717) is 21.9 Å². The smallest absolute Gasteiger partial charge is 0.159 e. The molecule has 0 radical (unpaired) electrons. The van der Waals surface area contributed by atoms with Gasteiger partial charge in [-0.3, -0.25) is 4.79 Å². The lowest BCUT2D eigenvalue weighted by molar-refractivity contribution is -0.114. The minimum absolute atomic E-state index is 0.0702. The lowest BCUT2D eigenvalue weighted by Crippen LogP contribution is -2.08. The molecule has 0 heterocycles. The zero-order valence-corrected chi connectivity index (χ0v) is 7.81. The van der Waals surface area contributed by atoms with E-state index in [4.69, 9.17) is 16.0 Å². The van der Waals surface area contributed by atoms with Gasteiger partial charge in [-0.25, -0.2) is 0 Å². The Balaban J connectivity index is 2.64. The predicted molar refractivity (Wildman–Crippen MR) is 38.4 cm³/mol. The van der Waals surface area contributed by atoms with E-state index in [0.717, 1.165) is 0 Å². The molecule has 0 fully saturated rings. The van der Waals surface area contributed by atoms with Gasteiger partial charge in [-0.2, -0.15) is 0 Å². The minimum atomic E-state index is -0.120. The van der Waals surface area contributed by atoms with Gasteiger partial charge in [0.25, 0.3) is 0 Å². The zero-order valence-electron chi connectivity index (χ0n) is 5.06. The largest absolute Gasteiger partial charge is 0.420 e. The maximum Gasteiger partial charge on any atom is 0.159 e. The average Bonchev–Trinajstić information content (AvgIpc) is 2.10. The van der Waals surface area contributed by atoms with Crippen molar-refractivity contribution in [2.45, 2.75) is 12.5 Å². The topological polar surface area (TPSA) is 26.3 Å².